The zero-order chi connectivity index (χ0) is 26.3. The van der Waals surface area contributed by atoms with Crippen LogP contribution in [0.2, 0.25) is 0 Å². The zero-order valence-corrected chi connectivity index (χ0v) is 20.9. The number of carbonyl (C=O) groups excluding carboxylic acids is 2. The number of halogens is 2. The number of carbonyl (C=O) groups is 2. The summed E-state index contributed by atoms with van der Waals surface area (Å²) in [5.74, 6) is -1.43. The third-order valence-corrected chi connectivity index (χ3v) is 5.00. The molecule has 34 heavy (non-hydrogen) atoms. The zero-order valence-electron chi connectivity index (χ0n) is 20.1. The minimum atomic E-state index is -0.776. The highest BCUT2D eigenvalue weighted by Crippen LogP contribution is 2.29. The fourth-order valence-corrected chi connectivity index (χ4v) is 3.18. The van der Waals surface area contributed by atoms with Crippen molar-refractivity contribution in [1.29, 1.82) is 0 Å². The van der Waals surface area contributed by atoms with E-state index >= 15 is 0 Å². The number of aromatic nitrogens is 1. The van der Waals surface area contributed by atoms with Gasteiger partial charge in [0.1, 0.15) is 22.3 Å². The third kappa shape index (κ3) is 8.78. The highest BCUT2D eigenvalue weighted by atomic mass is 32.1. The molecular weight excluding hydrogens is 466 g/mol. The molecule has 2 N–H and O–H groups in total. The second-order valence-corrected chi connectivity index (χ2v) is 7.08. The maximum absolute atomic E-state index is 14.1. The van der Waals surface area contributed by atoms with E-state index in [1.807, 2.05) is 13.8 Å². The van der Waals surface area contributed by atoms with Gasteiger partial charge in [0.2, 0.25) is 6.41 Å². The number of thiazole rings is 1. The lowest BCUT2D eigenvalue weighted by Crippen LogP contribution is -2.02. The Balaban J connectivity index is 0.00000201. The van der Waals surface area contributed by atoms with Crippen molar-refractivity contribution in [2.24, 2.45) is 5.73 Å². The molecule has 0 unspecified atom stereocenters. The van der Waals surface area contributed by atoms with Gasteiger partial charge in [0.05, 0.1) is 25.7 Å². The summed E-state index contributed by atoms with van der Waals surface area (Å²) in [5, 5.41) is 0.418. The molecule has 0 bridgehead atoms. The fourth-order valence-electron chi connectivity index (χ4n) is 2.26. The number of nitrogens with two attached hydrogens (primary N) is 1. The van der Waals surface area contributed by atoms with Crippen molar-refractivity contribution < 1.29 is 32.6 Å². The van der Waals surface area contributed by atoms with Crippen LogP contribution < -0.4 is 10.5 Å². The highest BCUT2D eigenvalue weighted by Gasteiger charge is 2.21. The number of hydrogen-bond acceptors (Lipinski definition) is 7. The molecule has 7 nitrogen and oxygen atoms in total. The molecule has 0 aliphatic heterocycles. The van der Waals surface area contributed by atoms with E-state index in [0.29, 0.717) is 22.0 Å². The first-order valence-corrected chi connectivity index (χ1v) is 10.9. The largest absolute Gasteiger partial charge is 0.501 e. The smallest absolute Gasteiger partial charge is 0.350 e. The van der Waals surface area contributed by atoms with Gasteiger partial charge in [0, 0.05) is 11.1 Å². The number of esters is 1. The summed E-state index contributed by atoms with van der Waals surface area (Å²) >= 11 is 1.06. The van der Waals surface area contributed by atoms with E-state index in [9.17, 15) is 13.6 Å². The second-order valence-electron chi connectivity index (χ2n) is 5.99. The molecule has 1 aromatic carbocycles. The van der Waals surface area contributed by atoms with Crippen LogP contribution in [0.25, 0.3) is 5.57 Å². The van der Waals surface area contributed by atoms with Crippen molar-refractivity contribution in [3.8, 4) is 5.75 Å². The van der Waals surface area contributed by atoms with Crippen LogP contribution in [0.15, 0.2) is 42.7 Å². The van der Waals surface area contributed by atoms with Gasteiger partial charge in [-0.2, -0.15) is 0 Å². The first-order chi connectivity index (χ1) is 16.2. The first kappa shape index (κ1) is 30.5. The summed E-state index contributed by atoms with van der Waals surface area (Å²) in [6, 6.07) is 2.34. The Morgan fingerprint density at radius 2 is 1.82 bits per heavy atom. The number of allylic oxidation sites excluding steroid dienone is 5. The lowest BCUT2D eigenvalue weighted by molar-refractivity contribution is -0.106. The molecule has 0 radical (unpaired) electrons. The molecule has 0 aliphatic carbocycles. The maximum atomic E-state index is 14.1. The Bertz CT molecular complexity index is 1030. The van der Waals surface area contributed by atoms with E-state index in [4.69, 9.17) is 19.0 Å². The van der Waals surface area contributed by atoms with Gasteiger partial charge in [-0.15, -0.1) is 11.3 Å². The van der Waals surface area contributed by atoms with Crippen LogP contribution >= 0.6 is 11.3 Å². The molecule has 0 aliphatic rings. The van der Waals surface area contributed by atoms with Crippen molar-refractivity contribution in [3.63, 3.8) is 0 Å². The average molecular weight is 497 g/mol. The Hall–Kier alpha value is -3.53. The molecule has 2 aromatic rings. The van der Waals surface area contributed by atoms with Crippen LogP contribution in [0.5, 0.6) is 5.75 Å². The number of nitrogens with zero attached hydrogens (tertiary/aromatic N) is 1. The predicted molar refractivity (Wildman–Crippen MR) is 129 cm³/mol. The standard InChI is InChI=1S/C21H21F2NO4S.C2H6.CH3NO/c1-6-14(8-7-12(2)26-4)19-20(21(25)27-5)29-17(24-19)11-28-16-10-9-15(22)13(3)18(16)23;1-2;2-1-3/h6-10H,1,11H2,2-5H3;1-2H3;1H,(H2,2,3)/b12-7+,14-8+;;. The quantitative estimate of drug-likeness (QED) is 0.229. The minimum Gasteiger partial charge on any atom is -0.501 e. The van der Waals surface area contributed by atoms with Crippen LogP contribution in [0.4, 0.5) is 8.78 Å². The second kappa shape index (κ2) is 16.1. The van der Waals surface area contributed by atoms with Crippen molar-refractivity contribution in [3.05, 3.63) is 75.5 Å². The molecule has 1 heterocycles. The summed E-state index contributed by atoms with van der Waals surface area (Å²) in [5.41, 5.74) is 4.98. The number of benzene rings is 1. The van der Waals surface area contributed by atoms with Crippen LogP contribution in [0.3, 0.4) is 0 Å². The summed E-state index contributed by atoms with van der Waals surface area (Å²) < 4.78 is 42.9. The van der Waals surface area contributed by atoms with E-state index in [0.717, 1.165) is 17.4 Å². The molecule has 0 fully saturated rings. The van der Waals surface area contributed by atoms with Crippen LogP contribution in [-0.4, -0.2) is 31.6 Å². The lowest BCUT2D eigenvalue weighted by Gasteiger charge is -2.07. The van der Waals surface area contributed by atoms with E-state index in [2.05, 4.69) is 17.3 Å². The summed E-state index contributed by atoms with van der Waals surface area (Å²) in [6.07, 6.45) is 5.22. The number of amides is 1. The van der Waals surface area contributed by atoms with Gasteiger partial charge in [0.15, 0.2) is 11.6 Å². The SMILES string of the molecule is C=C/C(=C\C=C(/C)OC)c1nc(COc2ccc(F)c(C)c2F)sc1C(=O)OC.CC.NC=O. The summed E-state index contributed by atoms with van der Waals surface area (Å²) in [4.78, 5) is 25.4. The Morgan fingerprint density at radius 1 is 1.21 bits per heavy atom. The minimum absolute atomic E-state index is 0.0987. The van der Waals surface area contributed by atoms with E-state index in [-0.39, 0.29) is 29.2 Å². The summed E-state index contributed by atoms with van der Waals surface area (Å²) in [6.45, 7) is 10.8. The Morgan fingerprint density at radius 3 is 2.35 bits per heavy atom. The maximum Gasteiger partial charge on any atom is 0.350 e. The first-order valence-electron chi connectivity index (χ1n) is 10.1. The molecule has 10 heteroatoms. The number of ether oxygens (including phenoxy) is 3. The molecule has 1 amide bonds. The number of hydrogen-bond donors (Lipinski definition) is 1. The lowest BCUT2D eigenvalue weighted by atomic mass is 10.1. The van der Waals surface area contributed by atoms with Gasteiger partial charge in [-0.05, 0) is 38.1 Å². The van der Waals surface area contributed by atoms with Crippen molar-refractivity contribution in [2.45, 2.75) is 34.3 Å². The van der Waals surface area contributed by atoms with Gasteiger partial charge in [-0.3, -0.25) is 4.79 Å². The molecule has 0 atom stereocenters. The number of primary amides is 1. The number of methoxy groups -OCH3 is 2. The summed E-state index contributed by atoms with van der Waals surface area (Å²) in [7, 11) is 2.81. The molecular formula is C24H30F2N2O5S. The Kier molecular flexibility index (Phi) is 14.5. The topological polar surface area (TPSA) is 101 Å². The third-order valence-electron chi connectivity index (χ3n) is 3.99. The van der Waals surface area contributed by atoms with Crippen LogP contribution in [0, 0.1) is 18.6 Å². The Labute approximate surface area is 202 Å². The molecule has 0 saturated carbocycles. The van der Waals surface area contributed by atoms with Crippen molar-refractivity contribution in [2.75, 3.05) is 14.2 Å². The molecule has 2 rings (SSSR count). The van der Waals surface area contributed by atoms with Gasteiger partial charge in [-0.25, -0.2) is 18.6 Å². The molecule has 0 spiro atoms. The van der Waals surface area contributed by atoms with Crippen molar-refractivity contribution in [1.82, 2.24) is 4.98 Å². The monoisotopic (exact) mass is 496 g/mol. The molecule has 186 valence electrons. The van der Waals surface area contributed by atoms with E-state index in [1.54, 1.807) is 32.3 Å². The van der Waals surface area contributed by atoms with Gasteiger partial charge >= 0.3 is 5.97 Å². The van der Waals surface area contributed by atoms with Crippen molar-refractivity contribution >= 4 is 29.3 Å². The van der Waals surface area contributed by atoms with Gasteiger partial charge in [-0.1, -0.05) is 26.5 Å². The normalized spacial score (nSPS) is 10.7. The van der Waals surface area contributed by atoms with Crippen LogP contribution in [0.1, 0.15) is 46.7 Å². The van der Waals surface area contributed by atoms with E-state index in [1.165, 1.54) is 20.1 Å². The predicted octanol–water partition coefficient (Wildman–Crippen LogP) is 5.34. The van der Waals surface area contributed by atoms with E-state index < -0.39 is 17.6 Å². The molecule has 0 saturated heterocycles. The highest BCUT2D eigenvalue weighted by molar-refractivity contribution is 7.13. The van der Waals surface area contributed by atoms with Gasteiger partial charge < -0.3 is 19.9 Å². The van der Waals surface area contributed by atoms with Gasteiger partial charge in [0.25, 0.3) is 0 Å². The average Bonchev–Trinajstić information content (AvgIpc) is 3.27. The molecule has 1 aromatic heterocycles. The fraction of sp³-hybridized carbons (Fsp3) is 0.292. The van der Waals surface area contributed by atoms with Crippen LogP contribution in [-0.2, 0) is 20.9 Å². The number of rotatable bonds is 8.